The molecule has 0 amide bonds. The average molecular weight is 323 g/mol. The molecule has 0 aliphatic rings. The van der Waals surface area contributed by atoms with Crippen molar-refractivity contribution in [3.8, 4) is 5.75 Å². The Labute approximate surface area is 135 Å². The van der Waals surface area contributed by atoms with Gasteiger partial charge in [-0.05, 0) is 61.8 Å². The second-order valence-electron chi connectivity index (χ2n) is 4.41. The maximum atomic E-state index is 11.1. The first-order chi connectivity index (χ1) is 10.6. The summed E-state index contributed by atoms with van der Waals surface area (Å²) in [6.45, 7) is 2.79. The Kier molecular flexibility index (Phi) is 8.59. The predicted molar refractivity (Wildman–Crippen MR) is 89.9 cm³/mol. The van der Waals surface area contributed by atoms with Crippen LogP contribution in [-0.2, 0) is 9.53 Å². The molecule has 0 fully saturated rings. The summed E-state index contributed by atoms with van der Waals surface area (Å²) in [4.78, 5) is 11.1. The van der Waals surface area contributed by atoms with E-state index in [1.807, 2.05) is 24.3 Å². The maximum Gasteiger partial charge on any atom is 0.305 e. The van der Waals surface area contributed by atoms with Crippen LogP contribution in [-0.4, -0.2) is 30.5 Å². The zero-order chi connectivity index (χ0) is 16.2. The average Bonchev–Trinajstić information content (AvgIpc) is 2.48. The Morgan fingerprint density at radius 2 is 2.09 bits per heavy atom. The molecule has 6 nitrogen and oxygen atoms in total. The zero-order valence-electron chi connectivity index (χ0n) is 12.6. The van der Waals surface area contributed by atoms with Gasteiger partial charge in [0.15, 0.2) is 5.11 Å². The van der Waals surface area contributed by atoms with Crippen LogP contribution in [0, 0.1) is 0 Å². The quantitative estimate of drug-likeness (QED) is 0.238. The number of hydrazone groups is 1. The number of nitrogens with zero attached hydrogens (tertiary/aromatic N) is 1. The molecule has 0 heterocycles. The minimum Gasteiger partial charge on any atom is -0.494 e. The second kappa shape index (κ2) is 10.6. The maximum absolute atomic E-state index is 11.1. The summed E-state index contributed by atoms with van der Waals surface area (Å²) >= 11 is 4.64. The lowest BCUT2D eigenvalue weighted by Crippen LogP contribution is -2.23. The van der Waals surface area contributed by atoms with Crippen molar-refractivity contribution in [2.75, 3.05) is 13.2 Å². The highest BCUT2D eigenvalue weighted by molar-refractivity contribution is 7.80. The monoisotopic (exact) mass is 323 g/mol. The van der Waals surface area contributed by atoms with Gasteiger partial charge < -0.3 is 15.2 Å². The SMILES string of the molecule is CCOC(=O)CCCCOc1ccc(C=NNC(N)=S)cc1. The fourth-order valence-electron chi connectivity index (χ4n) is 1.62. The van der Waals surface area contributed by atoms with Crippen LogP contribution in [0.25, 0.3) is 0 Å². The molecular formula is C15H21N3O3S. The standard InChI is InChI=1S/C15H21N3O3S/c1-2-20-14(19)5-3-4-10-21-13-8-6-12(7-9-13)11-17-18-15(16)22/h6-9,11H,2-5,10H2,1H3,(H3,16,18,22). The van der Waals surface area contributed by atoms with Crippen molar-refractivity contribution < 1.29 is 14.3 Å². The number of nitrogens with one attached hydrogen (secondary N) is 1. The van der Waals surface area contributed by atoms with Crippen LogP contribution in [0.1, 0.15) is 31.7 Å². The van der Waals surface area contributed by atoms with E-state index in [2.05, 4.69) is 22.7 Å². The molecule has 0 unspecified atom stereocenters. The van der Waals surface area contributed by atoms with E-state index in [9.17, 15) is 4.79 Å². The number of esters is 1. The van der Waals surface area contributed by atoms with Gasteiger partial charge in [-0.25, -0.2) is 0 Å². The third-order valence-electron chi connectivity index (χ3n) is 2.62. The first kappa shape index (κ1) is 17.9. The number of benzene rings is 1. The van der Waals surface area contributed by atoms with Gasteiger partial charge in [-0.15, -0.1) is 0 Å². The van der Waals surface area contributed by atoms with Crippen molar-refractivity contribution in [3.63, 3.8) is 0 Å². The number of thiocarbonyl (C=S) groups is 1. The van der Waals surface area contributed by atoms with Gasteiger partial charge in [-0.3, -0.25) is 10.2 Å². The second-order valence-corrected chi connectivity index (χ2v) is 4.85. The highest BCUT2D eigenvalue weighted by Gasteiger charge is 2.01. The Bertz CT molecular complexity index is 503. The van der Waals surface area contributed by atoms with E-state index in [-0.39, 0.29) is 11.1 Å². The van der Waals surface area contributed by atoms with Crippen molar-refractivity contribution >= 4 is 29.5 Å². The molecule has 7 heteroatoms. The summed E-state index contributed by atoms with van der Waals surface area (Å²) in [5.41, 5.74) is 8.64. The molecule has 1 rings (SSSR count). The number of hydrogen-bond acceptors (Lipinski definition) is 5. The Balaban J connectivity index is 2.23. The molecule has 22 heavy (non-hydrogen) atoms. The molecule has 0 aromatic heterocycles. The number of ether oxygens (including phenoxy) is 2. The molecule has 0 atom stereocenters. The normalized spacial score (nSPS) is 10.4. The van der Waals surface area contributed by atoms with Crippen LogP contribution in [0.4, 0.5) is 0 Å². The molecule has 0 saturated carbocycles. The smallest absolute Gasteiger partial charge is 0.305 e. The van der Waals surface area contributed by atoms with Crippen LogP contribution >= 0.6 is 12.2 Å². The Morgan fingerprint density at radius 1 is 1.36 bits per heavy atom. The van der Waals surface area contributed by atoms with Crippen molar-refractivity contribution in [2.24, 2.45) is 10.8 Å². The topological polar surface area (TPSA) is 85.9 Å². The van der Waals surface area contributed by atoms with Crippen LogP contribution in [0.2, 0.25) is 0 Å². The number of rotatable bonds is 9. The number of carbonyl (C=O) groups excluding carboxylic acids is 1. The summed E-state index contributed by atoms with van der Waals surface area (Å²) in [6, 6.07) is 7.46. The number of nitrogens with two attached hydrogens (primary N) is 1. The zero-order valence-corrected chi connectivity index (χ0v) is 13.4. The summed E-state index contributed by atoms with van der Waals surface area (Å²) in [6.07, 6.45) is 3.61. The van der Waals surface area contributed by atoms with E-state index in [1.165, 1.54) is 0 Å². The summed E-state index contributed by atoms with van der Waals surface area (Å²) < 4.78 is 10.4. The fourth-order valence-corrected chi connectivity index (χ4v) is 1.67. The number of unbranched alkanes of at least 4 members (excludes halogenated alkanes) is 1. The molecule has 0 bridgehead atoms. The van der Waals surface area contributed by atoms with E-state index in [0.717, 1.165) is 24.2 Å². The lowest BCUT2D eigenvalue weighted by atomic mass is 10.2. The van der Waals surface area contributed by atoms with Gasteiger partial charge in [0.05, 0.1) is 19.4 Å². The van der Waals surface area contributed by atoms with Gasteiger partial charge in [0, 0.05) is 6.42 Å². The third kappa shape index (κ3) is 8.21. The molecule has 3 N–H and O–H groups in total. The fraction of sp³-hybridized carbons (Fsp3) is 0.400. The minimum atomic E-state index is -0.156. The van der Waals surface area contributed by atoms with E-state index in [0.29, 0.717) is 19.6 Å². The third-order valence-corrected chi connectivity index (χ3v) is 2.71. The highest BCUT2D eigenvalue weighted by atomic mass is 32.1. The summed E-state index contributed by atoms with van der Waals surface area (Å²) in [5, 5.41) is 3.99. The molecule has 1 aromatic carbocycles. The van der Waals surface area contributed by atoms with Crippen LogP contribution in [0.5, 0.6) is 5.75 Å². The lowest BCUT2D eigenvalue weighted by Gasteiger charge is -2.06. The van der Waals surface area contributed by atoms with Gasteiger partial charge in [0.2, 0.25) is 0 Å². The largest absolute Gasteiger partial charge is 0.494 e. The highest BCUT2D eigenvalue weighted by Crippen LogP contribution is 2.12. The van der Waals surface area contributed by atoms with E-state index in [4.69, 9.17) is 15.2 Å². The predicted octanol–water partition coefficient (Wildman–Crippen LogP) is 1.97. The molecule has 0 spiro atoms. The van der Waals surface area contributed by atoms with Crippen LogP contribution in [0.15, 0.2) is 29.4 Å². The number of hydrogen-bond donors (Lipinski definition) is 2. The van der Waals surface area contributed by atoms with Crippen molar-refractivity contribution in [1.29, 1.82) is 0 Å². The summed E-state index contributed by atoms with van der Waals surface area (Å²) in [7, 11) is 0. The minimum absolute atomic E-state index is 0.124. The van der Waals surface area contributed by atoms with Crippen molar-refractivity contribution in [1.82, 2.24) is 5.43 Å². The first-order valence-corrected chi connectivity index (χ1v) is 7.49. The van der Waals surface area contributed by atoms with Crippen molar-refractivity contribution in [3.05, 3.63) is 29.8 Å². The van der Waals surface area contributed by atoms with Gasteiger partial charge in [0.25, 0.3) is 0 Å². The number of carbonyl (C=O) groups is 1. The molecular weight excluding hydrogens is 302 g/mol. The van der Waals surface area contributed by atoms with E-state index < -0.39 is 0 Å². The van der Waals surface area contributed by atoms with Gasteiger partial charge in [-0.1, -0.05) is 0 Å². The lowest BCUT2D eigenvalue weighted by molar-refractivity contribution is -0.143. The van der Waals surface area contributed by atoms with Crippen molar-refractivity contribution in [2.45, 2.75) is 26.2 Å². The van der Waals surface area contributed by atoms with Crippen LogP contribution in [0.3, 0.4) is 0 Å². The van der Waals surface area contributed by atoms with Gasteiger partial charge >= 0.3 is 5.97 Å². The van der Waals surface area contributed by atoms with E-state index >= 15 is 0 Å². The molecule has 0 aliphatic heterocycles. The molecule has 0 saturated heterocycles. The van der Waals surface area contributed by atoms with Gasteiger partial charge in [-0.2, -0.15) is 5.10 Å². The van der Waals surface area contributed by atoms with E-state index in [1.54, 1.807) is 13.1 Å². The summed E-state index contributed by atoms with van der Waals surface area (Å²) in [5.74, 6) is 0.618. The molecule has 1 aromatic rings. The molecule has 0 radical (unpaired) electrons. The van der Waals surface area contributed by atoms with Crippen LogP contribution < -0.4 is 15.9 Å². The molecule has 0 aliphatic carbocycles. The first-order valence-electron chi connectivity index (χ1n) is 7.09. The Morgan fingerprint density at radius 3 is 2.73 bits per heavy atom. The van der Waals surface area contributed by atoms with Gasteiger partial charge in [0.1, 0.15) is 5.75 Å². The Hall–Kier alpha value is -2.15. The molecule has 120 valence electrons.